The Balaban J connectivity index is 1.29. The number of carbonyl (C=O) groups excluding carboxylic acids is 1. The number of ether oxygens (including phenoxy) is 1. The molecule has 1 unspecified atom stereocenters. The minimum Gasteiger partial charge on any atom is -0.473 e. The number of amides is 1. The molecule has 8 nitrogen and oxygen atoms in total. The van der Waals surface area contributed by atoms with E-state index in [1.165, 1.54) is 6.07 Å². The Morgan fingerprint density at radius 3 is 2.84 bits per heavy atom. The van der Waals surface area contributed by atoms with E-state index in [0.29, 0.717) is 37.6 Å². The summed E-state index contributed by atoms with van der Waals surface area (Å²) in [5.41, 5.74) is 0.00866. The third kappa shape index (κ3) is 3.76. The Bertz CT molecular complexity index is 1070. The molecule has 3 aliphatic heterocycles. The first-order valence-corrected chi connectivity index (χ1v) is 10.5. The lowest BCUT2D eigenvalue weighted by Gasteiger charge is -2.39. The molecule has 0 radical (unpaired) electrons. The zero-order chi connectivity index (χ0) is 21.5. The second kappa shape index (κ2) is 7.92. The highest BCUT2D eigenvalue weighted by atomic mass is 19.2. The van der Waals surface area contributed by atoms with Gasteiger partial charge in [0.15, 0.2) is 11.6 Å². The van der Waals surface area contributed by atoms with Crippen LogP contribution >= 0.6 is 0 Å². The minimum atomic E-state index is -0.953. The molecule has 2 aromatic rings. The van der Waals surface area contributed by atoms with Crippen molar-refractivity contribution in [2.24, 2.45) is 0 Å². The van der Waals surface area contributed by atoms with Crippen molar-refractivity contribution in [2.45, 2.75) is 38.1 Å². The largest absolute Gasteiger partial charge is 0.473 e. The fourth-order valence-electron chi connectivity index (χ4n) is 4.58. The topological polar surface area (TPSA) is 79.7 Å². The lowest BCUT2D eigenvalue weighted by molar-refractivity contribution is -0.133. The standard InChI is InChI=1S/C21H23F2N5O3/c22-15-4-3-13(8-16(15)23)12-31-18-9-19-27-7-6-26(20(29)17-2-1-5-24-17)10-14(27)11-28(19)21(30)25-18/h3-4,8-9,14,17,24H,1-2,5-7,10-12H2/t14?,17-/m1/s1. The third-order valence-electron chi connectivity index (χ3n) is 6.18. The van der Waals surface area contributed by atoms with Crippen LogP contribution in [0.15, 0.2) is 29.1 Å². The quantitative estimate of drug-likeness (QED) is 0.775. The van der Waals surface area contributed by atoms with Crippen LogP contribution in [0.5, 0.6) is 5.88 Å². The van der Waals surface area contributed by atoms with Crippen molar-refractivity contribution < 1.29 is 18.3 Å². The maximum absolute atomic E-state index is 13.4. The van der Waals surface area contributed by atoms with E-state index in [2.05, 4.69) is 15.2 Å². The van der Waals surface area contributed by atoms with Crippen LogP contribution in [0.1, 0.15) is 18.4 Å². The lowest BCUT2D eigenvalue weighted by atomic mass is 10.1. The van der Waals surface area contributed by atoms with Gasteiger partial charge in [0.2, 0.25) is 11.8 Å². The number of anilines is 1. The van der Waals surface area contributed by atoms with Crippen LogP contribution in [-0.4, -0.2) is 58.6 Å². The molecule has 2 fully saturated rings. The van der Waals surface area contributed by atoms with Crippen molar-refractivity contribution in [2.75, 3.05) is 31.1 Å². The molecule has 2 atom stereocenters. The predicted molar refractivity (Wildman–Crippen MR) is 108 cm³/mol. The van der Waals surface area contributed by atoms with Gasteiger partial charge in [0, 0.05) is 25.7 Å². The van der Waals surface area contributed by atoms with Gasteiger partial charge in [-0.05, 0) is 37.1 Å². The van der Waals surface area contributed by atoms with Crippen LogP contribution in [0, 0.1) is 11.6 Å². The van der Waals surface area contributed by atoms with Crippen LogP contribution in [-0.2, 0) is 17.9 Å². The Labute approximate surface area is 177 Å². The molecule has 1 N–H and O–H groups in total. The minimum absolute atomic E-state index is 0.00930. The Hall–Kier alpha value is -3.01. The predicted octanol–water partition coefficient (Wildman–Crippen LogP) is 0.883. The van der Waals surface area contributed by atoms with Gasteiger partial charge in [0.1, 0.15) is 12.4 Å². The molecule has 0 bridgehead atoms. The molecular formula is C21H23F2N5O3. The summed E-state index contributed by atoms with van der Waals surface area (Å²) in [4.78, 5) is 33.3. The molecule has 4 heterocycles. The molecule has 0 saturated carbocycles. The molecule has 31 heavy (non-hydrogen) atoms. The van der Waals surface area contributed by atoms with E-state index in [4.69, 9.17) is 4.74 Å². The van der Waals surface area contributed by atoms with E-state index in [9.17, 15) is 18.4 Å². The molecule has 3 aliphatic rings. The van der Waals surface area contributed by atoms with Gasteiger partial charge in [0.25, 0.3) is 0 Å². The number of hydrogen-bond donors (Lipinski definition) is 1. The highest BCUT2D eigenvalue weighted by molar-refractivity contribution is 5.82. The molecule has 0 aliphatic carbocycles. The first-order valence-electron chi connectivity index (χ1n) is 10.5. The summed E-state index contributed by atoms with van der Waals surface area (Å²) in [6, 6.07) is 5.11. The molecule has 1 aromatic carbocycles. The van der Waals surface area contributed by atoms with Gasteiger partial charge in [-0.3, -0.25) is 9.36 Å². The van der Waals surface area contributed by atoms with Crippen LogP contribution in [0.2, 0.25) is 0 Å². The summed E-state index contributed by atoms with van der Waals surface area (Å²) >= 11 is 0. The van der Waals surface area contributed by atoms with E-state index in [0.717, 1.165) is 31.5 Å². The molecule has 1 amide bonds. The monoisotopic (exact) mass is 431 g/mol. The Morgan fingerprint density at radius 1 is 1.19 bits per heavy atom. The molecule has 1 aromatic heterocycles. The second-order valence-corrected chi connectivity index (χ2v) is 8.16. The first kappa shape index (κ1) is 19.9. The lowest BCUT2D eigenvalue weighted by Crippen LogP contribution is -2.56. The number of piperazine rings is 1. The van der Waals surface area contributed by atoms with Crippen molar-refractivity contribution in [1.82, 2.24) is 19.8 Å². The number of carbonyl (C=O) groups is 1. The maximum atomic E-state index is 13.4. The number of nitrogens with zero attached hydrogens (tertiary/aromatic N) is 4. The number of hydrogen-bond acceptors (Lipinski definition) is 6. The van der Waals surface area contributed by atoms with Gasteiger partial charge >= 0.3 is 5.69 Å². The van der Waals surface area contributed by atoms with E-state index in [1.54, 1.807) is 10.6 Å². The maximum Gasteiger partial charge on any atom is 0.352 e. The molecule has 5 rings (SSSR count). The Kier molecular flexibility index (Phi) is 5.09. The smallest absolute Gasteiger partial charge is 0.352 e. The van der Waals surface area contributed by atoms with Crippen molar-refractivity contribution in [3.63, 3.8) is 0 Å². The first-order chi connectivity index (χ1) is 15.0. The second-order valence-electron chi connectivity index (χ2n) is 8.16. The van der Waals surface area contributed by atoms with Crippen LogP contribution in [0.4, 0.5) is 14.6 Å². The van der Waals surface area contributed by atoms with Gasteiger partial charge in [-0.25, -0.2) is 13.6 Å². The summed E-state index contributed by atoms with van der Waals surface area (Å²) < 4.78 is 33.6. The SMILES string of the molecule is O=C([C@H]1CCCN1)N1CCN2c3cc(OCc4ccc(F)c(F)c4)nc(=O)n3CC2C1. The number of rotatable bonds is 4. The molecule has 10 heteroatoms. The molecule has 2 saturated heterocycles. The van der Waals surface area contributed by atoms with Crippen LogP contribution < -0.4 is 20.6 Å². The van der Waals surface area contributed by atoms with E-state index in [1.807, 2.05) is 4.90 Å². The summed E-state index contributed by atoms with van der Waals surface area (Å²) in [6.07, 6.45) is 1.88. The van der Waals surface area contributed by atoms with Gasteiger partial charge in [-0.15, -0.1) is 0 Å². The van der Waals surface area contributed by atoms with E-state index < -0.39 is 17.3 Å². The molecule has 164 valence electrons. The van der Waals surface area contributed by atoms with Crippen molar-refractivity contribution in [1.29, 1.82) is 0 Å². The summed E-state index contributed by atoms with van der Waals surface area (Å²) in [6.45, 7) is 3.08. The van der Waals surface area contributed by atoms with E-state index in [-0.39, 0.29) is 30.5 Å². The number of halogens is 2. The van der Waals surface area contributed by atoms with Crippen LogP contribution in [0.3, 0.4) is 0 Å². The summed E-state index contributed by atoms with van der Waals surface area (Å²) in [5.74, 6) is -0.906. The molecular weight excluding hydrogens is 408 g/mol. The average molecular weight is 431 g/mol. The Morgan fingerprint density at radius 2 is 2.06 bits per heavy atom. The van der Waals surface area contributed by atoms with Crippen molar-refractivity contribution >= 4 is 11.7 Å². The van der Waals surface area contributed by atoms with Crippen molar-refractivity contribution in [3.05, 3.63) is 51.9 Å². The zero-order valence-corrected chi connectivity index (χ0v) is 16.9. The van der Waals surface area contributed by atoms with E-state index >= 15 is 0 Å². The number of fused-ring (bicyclic) bond motifs is 3. The third-order valence-corrected chi connectivity index (χ3v) is 6.18. The van der Waals surface area contributed by atoms with Crippen molar-refractivity contribution in [3.8, 4) is 5.88 Å². The summed E-state index contributed by atoms with van der Waals surface area (Å²) in [5, 5.41) is 3.25. The average Bonchev–Trinajstić information content (AvgIpc) is 3.42. The highest BCUT2D eigenvalue weighted by Crippen LogP contribution is 2.29. The molecule has 0 spiro atoms. The van der Waals surface area contributed by atoms with Gasteiger partial charge in [-0.1, -0.05) is 6.07 Å². The fraction of sp³-hybridized carbons (Fsp3) is 0.476. The number of aromatic nitrogens is 2. The number of nitrogens with one attached hydrogen (secondary N) is 1. The fourth-order valence-corrected chi connectivity index (χ4v) is 4.58. The number of benzene rings is 1. The van der Waals surface area contributed by atoms with Crippen LogP contribution in [0.25, 0.3) is 0 Å². The normalized spacial score (nSPS) is 22.4. The van der Waals surface area contributed by atoms with Gasteiger partial charge < -0.3 is 19.9 Å². The zero-order valence-electron chi connectivity index (χ0n) is 16.9. The highest BCUT2D eigenvalue weighted by Gasteiger charge is 2.38. The van der Waals surface area contributed by atoms with Gasteiger partial charge in [0.05, 0.1) is 18.6 Å². The summed E-state index contributed by atoms with van der Waals surface area (Å²) in [7, 11) is 0. The van der Waals surface area contributed by atoms with Gasteiger partial charge in [-0.2, -0.15) is 4.98 Å².